The van der Waals surface area contributed by atoms with Gasteiger partial charge in [0.15, 0.2) is 0 Å². The fourth-order valence-electron chi connectivity index (χ4n) is 1.13. The number of hydrogen-bond donors (Lipinski definition) is 0. The van der Waals surface area contributed by atoms with Crippen molar-refractivity contribution < 1.29 is 22.7 Å². The van der Waals surface area contributed by atoms with E-state index >= 15 is 0 Å². The van der Waals surface area contributed by atoms with Gasteiger partial charge in [0.2, 0.25) is 0 Å². The van der Waals surface area contributed by atoms with Crippen LogP contribution in [0.1, 0.15) is 11.1 Å². The quantitative estimate of drug-likeness (QED) is 0.589. The average Bonchev–Trinajstić information content (AvgIpc) is 2.25. The van der Waals surface area contributed by atoms with Crippen LogP contribution in [0.3, 0.4) is 0 Å². The molecule has 0 aromatic heterocycles. The zero-order valence-electron chi connectivity index (χ0n) is 8.25. The zero-order chi connectivity index (χ0) is 12.2. The SMILES string of the molecule is C=CC(=O)OCc1ccccc1C(F)(F)F. The normalized spacial score (nSPS) is 10.9. The van der Waals surface area contributed by atoms with Gasteiger partial charge in [-0.3, -0.25) is 0 Å². The van der Waals surface area contributed by atoms with Crippen LogP contribution in [0.2, 0.25) is 0 Å². The molecule has 0 amide bonds. The molecular formula is C11H9F3O2. The second kappa shape index (κ2) is 4.83. The minimum atomic E-state index is -4.45. The van der Waals surface area contributed by atoms with Crippen LogP contribution in [0.25, 0.3) is 0 Å². The molecule has 0 bridgehead atoms. The third-order valence-electron chi connectivity index (χ3n) is 1.86. The molecular weight excluding hydrogens is 221 g/mol. The Bertz CT molecular complexity index is 396. The minimum Gasteiger partial charge on any atom is -0.458 e. The van der Waals surface area contributed by atoms with Crippen molar-refractivity contribution in [2.24, 2.45) is 0 Å². The second-order valence-corrected chi connectivity index (χ2v) is 2.97. The Labute approximate surface area is 90.3 Å². The number of benzene rings is 1. The first-order valence-electron chi connectivity index (χ1n) is 4.39. The smallest absolute Gasteiger partial charge is 0.416 e. The predicted molar refractivity (Wildman–Crippen MR) is 51.4 cm³/mol. The first-order valence-corrected chi connectivity index (χ1v) is 4.39. The summed E-state index contributed by atoms with van der Waals surface area (Å²) in [6.07, 6.45) is -3.55. The Morgan fingerprint density at radius 2 is 2.00 bits per heavy atom. The summed E-state index contributed by atoms with van der Waals surface area (Å²) in [5, 5.41) is 0. The summed E-state index contributed by atoms with van der Waals surface area (Å²) >= 11 is 0. The van der Waals surface area contributed by atoms with Gasteiger partial charge in [-0.1, -0.05) is 24.8 Å². The molecule has 0 radical (unpaired) electrons. The van der Waals surface area contributed by atoms with Crippen LogP contribution in [0, 0.1) is 0 Å². The molecule has 0 atom stereocenters. The highest BCUT2D eigenvalue weighted by Gasteiger charge is 2.32. The van der Waals surface area contributed by atoms with Crippen LogP contribution >= 0.6 is 0 Å². The molecule has 0 unspecified atom stereocenters. The van der Waals surface area contributed by atoms with Gasteiger partial charge < -0.3 is 4.74 Å². The number of hydrogen-bond acceptors (Lipinski definition) is 2. The number of ether oxygens (including phenoxy) is 1. The summed E-state index contributed by atoms with van der Waals surface area (Å²) in [5.41, 5.74) is -0.878. The molecule has 1 aromatic rings. The Kier molecular flexibility index (Phi) is 3.71. The summed E-state index contributed by atoms with van der Waals surface area (Å²) in [5.74, 6) is -0.753. The molecule has 0 N–H and O–H groups in total. The average molecular weight is 230 g/mol. The van der Waals surface area contributed by atoms with Gasteiger partial charge in [0.05, 0.1) is 5.56 Å². The summed E-state index contributed by atoms with van der Waals surface area (Å²) in [6.45, 7) is 2.73. The first-order chi connectivity index (χ1) is 7.45. The molecule has 0 heterocycles. The fourth-order valence-corrected chi connectivity index (χ4v) is 1.13. The van der Waals surface area contributed by atoms with E-state index in [0.29, 0.717) is 0 Å². The van der Waals surface area contributed by atoms with Crippen molar-refractivity contribution in [3.8, 4) is 0 Å². The van der Waals surface area contributed by atoms with E-state index in [9.17, 15) is 18.0 Å². The number of rotatable bonds is 3. The molecule has 0 aliphatic heterocycles. The topological polar surface area (TPSA) is 26.3 Å². The molecule has 86 valence electrons. The number of carbonyl (C=O) groups is 1. The first kappa shape index (κ1) is 12.3. The number of halogens is 3. The number of esters is 1. The van der Waals surface area contributed by atoms with E-state index in [4.69, 9.17) is 0 Å². The molecule has 0 spiro atoms. The molecule has 0 saturated heterocycles. The largest absolute Gasteiger partial charge is 0.458 e. The molecule has 0 aliphatic carbocycles. The molecule has 16 heavy (non-hydrogen) atoms. The Balaban J connectivity index is 2.87. The van der Waals surface area contributed by atoms with Crippen LogP contribution in [0.15, 0.2) is 36.9 Å². The van der Waals surface area contributed by atoms with Crippen LogP contribution in [0.4, 0.5) is 13.2 Å². The number of alkyl halides is 3. The lowest BCUT2D eigenvalue weighted by Gasteiger charge is -2.12. The highest BCUT2D eigenvalue weighted by molar-refractivity contribution is 5.81. The maximum Gasteiger partial charge on any atom is 0.416 e. The van der Waals surface area contributed by atoms with E-state index in [1.165, 1.54) is 18.2 Å². The van der Waals surface area contributed by atoms with Crippen LogP contribution in [0.5, 0.6) is 0 Å². The number of carbonyl (C=O) groups excluding carboxylic acids is 1. The van der Waals surface area contributed by atoms with E-state index in [1.54, 1.807) is 0 Å². The van der Waals surface area contributed by atoms with Crippen molar-refractivity contribution in [3.05, 3.63) is 48.0 Å². The third-order valence-corrected chi connectivity index (χ3v) is 1.86. The van der Waals surface area contributed by atoms with Gasteiger partial charge >= 0.3 is 12.1 Å². The van der Waals surface area contributed by atoms with E-state index in [1.807, 2.05) is 0 Å². The van der Waals surface area contributed by atoms with Crippen molar-refractivity contribution in [2.75, 3.05) is 0 Å². The Morgan fingerprint density at radius 3 is 2.56 bits per heavy atom. The van der Waals surface area contributed by atoms with E-state index < -0.39 is 24.3 Å². The van der Waals surface area contributed by atoms with Gasteiger partial charge in [-0.05, 0) is 6.07 Å². The highest BCUT2D eigenvalue weighted by Crippen LogP contribution is 2.32. The monoisotopic (exact) mass is 230 g/mol. The molecule has 0 aliphatic rings. The molecule has 1 rings (SSSR count). The van der Waals surface area contributed by atoms with E-state index in [2.05, 4.69) is 11.3 Å². The maximum atomic E-state index is 12.5. The van der Waals surface area contributed by atoms with Crippen molar-refractivity contribution >= 4 is 5.97 Å². The summed E-state index contributed by atoms with van der Waals surface area (Å²) in [6, 6.07) is 4.93. The standard InChI is InChI=1S/C11H9F3O2/c1-2-10(15)16-7-8-5-3-4-6-9(8)11(12,13)14/h2-6H,1,7H2. The maximum absolute atomic E-state index is 12.5. The van der Waals surface area contributed by atoms with Crippen LogP contribution in [-0.2, 0) is 22.3 Å². The lowest BCUT2D eigenvalue weighted by molar-refractivity contribution is -0.143. The van der Waals surface area contributed by atoms with Crippen LogP contribution < -0.4 is 0 Å². The summed E-state index contributed by atoms with van der Waals surface area (Å²) in [4.78, 5) is 10.7. The third kappa shape index (κ3) is 3.12. The van der Waals surface area contributed by atoms with Crippen molar-refractivity contribution in [1.29, 1.82) is 0 Å². The van der Waals surface area contributed by atoms with Gasteiger partial charge in [0.25, 0.3) is 0 Å². The van der Waals surface area contributed by atoms with Gasteiger partial charge in [-0.15, -0.1) is 0 Å². The molecule has 2 nitrogen and oxygen atoms in total. The highest BCUT2D eigenvalue weighted by atomic mass is 19.4. The molecule has 0 fully saturated rings. The summed E-state index contributed by atoms with van der Waals surface area (Å²) in [7, 11) is 0. The minimum absolute atomic E-state index is 0.0785. The lowest BCUT2D eigenvalue weighted by Crippen LogP contribution is -2.11. The Hall–Kier alpha value is -1.78. The van der Waals surface area contributed by atoms with E-state index in [0.717, 1.165) is 12.1 Å². The van der Waals surface area contributed by atoms with Gasteiger partial charge in [0.1, 0.15) is 6.61 Å². The Morgan fingerprint density at radius 1 is 1.38 bits per heavy atom. The van der Waals surface area contributed by atoms with Crippen molar-refractivity contribution in [2.45, 2.75) is 12.8 Å². The van der Waals surface area contributed by atoms with Crippen molar-refractivity contribution in [1.82, 2.24) is 0 Å². The lowest BCUT2D eigenvalue weighted by atomic mass is 10.1. The van der Waals surface area contributed by atoms with Crippen LogP contribution in [-0.4, -0.2) is 5.97 Å². The molecule has 0 saturated carbocycles. The second-order valence-electron chi connectivity index (χ2n) is 2.97. The molecule has 5 heteroatoms. The van der Waals surface area contributed by atoms with Gasteiger partial charge in [0, 0.05) is 11.6 Å². The van der Waals surface area contributed by atoms with Gasteiger partial charge in [-0.25, -0.2) is 4.79 Å². The van der Waals surface area contributed by atoms with Gasteiger partial charge in [-0.2, -0.15) is 13.2 Å². The predicted octanol–water partition coefficient (Wildman–Crippen LogP) is 2.93. The van der Waals surface area contributed by atoms with E-state index in [-0.39, 0.29) is 5.56 Å². The zero-order valence-corrected chi connectivity index (χ0v) is 8.25. The van der Waals surface area contributed by atoms with Crippen molar-refractivity contribution in [3.63, 3.8) is 0 Å². The fraction of sp³-hybridized carbons (Fsp3) is 0.182. The molecule has 1 aromatic carbocycles. The summed E-state index contributed by atoms with van der Waals surface area (Å²) < 4.78 is 42.0.